The van der Waals surface area contributed by atoms with Gasteiger partial charge in [-0.25, -0.2) is 18.6 Å². The van der Waals surface area contributed by atoms with Crippen molar-refractivity contribution in [2.24, 2.45) is 0 Å². The fourth-order valence-corrected chi connectivity index (χ4v) is 4.62. The number of rotatable bonds is 5. The Morgan fingerprint density at radius 1 is 0.872 bits per heavy atom. The molecule has 39 heavy (non-hydrogen) atoms. The third-order valence-electron chi connectivity index (χ3n) is 6.73. The first-order chi connectivity index (χ1) is 18.9. The zero-order valence-electron chi connectivity index (χ0n) is 21.1. The van der Waals surface area contributed by atoms with Gasteiger partial charge < -0.3 is 25.4 Å². The van der Waals surface area contributed by atoms with Crippen molar-refractivity contribution in [3.63, 3.8) is 0 Å². The maximum absolute atomic E-state index is 13.3. The molecule has 0 radical (unpaired) electrons. The predicted octanol–water partition coefficient (Wildman–Crippen LogP) is 5.29. The van der Waals surface area contributed by atoms with E-state index >= 15 is 0 Å². The molecule has 1 fully saturated rings. The summed E-state index contributed by atoms with van der Waals surface area (Å²) < 4.78 is 26.7. The van der Waals surface area contributed by atoms with E-state index < -0.39 is 17.7 Å². The van der Waals surface area contributed by atoms with Crippen molar-refractivity contribution in [1.29, 1.82) is 0 Å². The number of anilines is 3. The van der Waals surface area contributed by atoms with E-state index in [1.54, 1.807) is 12.1 Å². The van der Waals surface area contributed by atoms with Crippen molar-refractivity contribution in [2.75, 3.05) is 48.8 Å². The Balaban J connectivity index is 1.13. The topological polar surface area (TPSA) is 105 Å². The molecule has 2 aromatic heterocycles. The lowest BCUT2D eigenvalue weighted by Crippen LogP contribution is -2.44. The molecule has 1 aliphatic heterocycles. The normalized spacial score (nSPS) is 14.1. The van der Waals surface area contributed by atoms with Gasteiger partial charge in [0.05, 0.1) is 16.7 Å². The van der Waals surface area contributed by atoms with Crippen LogP contribution in [0.5, 0.6) is 0 Å². The zero-order chi connectivity index (χ0) is 26.9. The number of aromatic nitrogens is 4. The van der Waals surface area contributed by atoms with Crippen LogP contribution in [0.1, 0.15) is 0 Å². The molecule has 198 valence electrons. The molecule has 1 aliphatic rings. The Hall–Kier alpha value is -4.77. The molecule has 0 unspecified atom stereocenters. The second-order valence-electron chi connectivity index (χ2n) is 9.56. The van der Waals surface area contributed by atoms with Crippen LogP contribution < -0.4 is 15.5 Å². The first-order valence-electron chi connectivity index (χ1n) is 12.5. The Morgan fingerprint density at radius 2 is 1.59 bits per heavy atom. The van der Waals surface area contributed by atoms with Crippen LogP contribution >= 0.6 is 0 Å². The van der Waals surface area contributed by atoms with Crippen LogP contribution in [0.4, 0.5) is 30.6 Å². The second kappa shape index (κ2) is 10.2. The number of hydrogen-bond donors (Lipinski definition) is 4. The van der Waals surface area contributed by atoms with E-state index in [9.17, 15) is 13.6 Å². The smallest absolute Gasteiger partial charge is 0.323 e. The molecular formula is C28H26F2N8O. The first-order valence-corrected chi connectivity index (χ1v) is 12.5. The molecule has 0 aliphatic carbocycles. The van der Waals surface area contributed by atoms with Crippen LogP contribution in [0.3, 0.4) is 0 Å². The van der Waals surface area contributed by atoms with E-state index in [0.29, 0.717) is 11.5 Å². The maximum Gasteiger partial charge on any atom is 0.323 e. The summed E-state index contributed by atoms with van der Waals surface area (Å²) in [4.78, 5) is 25.1. The van der Waals surface area contributed by atoms with E-state index in [4.69, 9.17) is 4.98 Å². The van der Waals surface area contributed by atoms with Crippen LogP contribution in [0, 0.1) is 11.6 Å². The number of amides is 2. The molecular weight excluding hydrogens is 502 g/mol. The fourth-order valence-electron chi connectivity index (χ4n) is 4.62. The number of hydrogen-bond acceptors (Lipinski definition) is 5. The highest BCUT2D eigenvalue weighted by atomic mass is 19.1. The van der Waals surface area contributed by atoms with Gasteiger partial charge in [0.25, 0.3) is 0 Å². The van der Waals surface area contributed by atoms with E-state index in [1.807, 2.05) is 24.3 Å². The van der Waals surface area contributed by atoms with Crippen LogP contribution in [0.2, 0.25) is 0 Å². The van der Waals surface area contributed by atoms with Gasteiger partial charge in [0, 0.05) is 54.9 Å². The van der Waals surface area contributed by atoms with Crippen LogP contribution in [-0.2, 0) is 0 Å². The lowest BCUT2D eigenvalue weighted by Gasteiger charge is -2.34. The molecule has 11 heteroatoms. The van der Waals surface area contributed by atoms with Crippen molar-refractivity contribution in [2.45, 2.75) is 0 Å². The van der Waals surface area contributed by atoms with E-state index in [1.165, 1.54) is 5.69 Å². The molecule has 3 aromatic carbocycles. The van der Waals surface area contributed by atoms with Crippen LogP contribution in [0.15, 0.2) is 66.7 Å². The number of imidazole rings is 1. The number of fused-ring (bicyclic) bond motifs is 1. The molecule has 0 spiro atoms. The zero-order valence-corrected chi connectivity index (χ0v) is 21.1. The predicted molar refractivity (Wildman–Crippen MR) is 148 cm³/mol. The first kappa shape index (κ1) is 24.6. The number of H-pyrrole nitrogens is 2. The number of benzene rings is 3. The van der Waals surface area contributed by atoms with Gasteiger partial charge in [-0.15, -0.1) is 0 Å². The summed E-state index contributed by atoms with van der Waals surface area (Å²) in [7, 11) is 2.14. The summed E-state index contributed by atoms with van der Waals surface area (Å²) >= 11 is 0. The number of urea groups is 1. The SMILES string of the molecule is CN1CCN(c2ccc3nc(-c4cc(-c5ccc(NC(=O)Nc6cc(F)cc(F)c6)cc5)n[nH]4)[nH]c3c2)CC1. The molecule has 3 heterocycles. The lowest BCUT2D eigenvalue weighted by atomic mass is 10.1. The third-order valence-corrected chi connectivity index (χ3v) is 6.73. The second-order valence-corrected chi connectivity index (χ2v) is 9.56. The minimum atomic E-state index is -0.772. The van der Waals surface area contributed by atoms with Gasteiger partial charge in [-0.1, -0.05) is 12.1 Å². The number of nitrogens with zero attached hydrogens (tertiary/aromatic N) is 4. The van der Waals surface area contributed by atoms with Gasteiger partial charge in [0.1, 0.15) is 17.3 Å². The summed E-state index contributed by atoms with van der Waals surface area (Å²) in [5.74, 6) is -0.847. The summed E-state index contributed by atoms with van der Waals surface area (Å²) in [5, 5.41) is 12.5. The highest BCUT2D eigenvalue weighted by Gasteiger charge is 2.16. The van der Waals surface area contributed by atoms with E-state index in [-0.39, 0.29) is 5.69 Å². The monoisotopic (exact) mass is 528 g/mol. The molecule has 5 aromatic rings. The fraction of sp³-hybridized carbons (Fsp3) is 0.179. The van der Waals surface area contributed by atoms with Gasteiger partial charge in [0.2, 0.25) is 0 Å². The minimum absolute atomic E-state index is 0.0202. The third kappa shape index (κ3) is 5.43. The number of nitrogens with one attached hydrogen (secondary N) is 4. The van der Waals surface area contributed by atoms with Gasteiger partial charge in [-0.05, 0) is 55.6 Å². The van der Waals surface area contributed by atoms with Crippen LogP contribution in [-0.4, -0.2) is 64.3 Å². The van der Waals surface area contributed by atoms with Crippen molar-refractivity contribution >= 4 is 34.1 Å². The number of aromatic amines is 2. The van der Waals surface area contributed by atoms with Gasteiger partial charge >= 0.3 is 6.03 Å². The van der Waals surface area contributed by atoms with Crippen molar-refractivity contribution < 1.29 is 13.6 Å². The molecule has 2 amide bonds. The molecule has 9 nitrogen and oxygen atoms in total. The molecule has 0 atom stereocenters. The maximum atomic E-state index is 13.3. The Morgan fingerprint density at radius 3 is 2.33 bits per heavy atom. The number of halogens is 2. The van der Waals surface area contributed by atoms with Crippen molar-refractivity contribution in [1.82, 2.24) is 25.1 Å². The average molecular weight is 529 g/mol. The van der Waals surface area contributed by atoms with Crippen molar-refractivity contribution in [3.8, 4) is 22.8 Å². The van der Waals surface area contributed by atoms with Gasteiger partial charge in [0.15, 0.2) is 5.82 Å². The quantitative estimate of drug-likeness (QED) is 0.248. The minimum Gasteiger partial charge on any atom is -0.369 e. The summed E-state index contributed by atoms with van der Waals surface area (Å²) in [5.41, 5.74) is 5.87. The average Bonchev–Trinajstić information content (AvgIpc) is 3.56. The number of carbonyl (C=O) groups excluding carboxylic acids is 1. The largest absolute Gasteiger partial charge is 0.369 e. The van der Waals surface area contributed by atoms with Crippen LogP contribution in [0.25, 0.3) is 33.8 Å². The molecule has 6 rings (SSSR count). The highest BCUT2D eigenvalue weighted by Crippen LogP contribution is 2.27. The number of likely N-dealkylation sites (N-methyl/N-ethyl adjacent to an activating group) is 1. The van der Waals surface area contributed by atoms with Gasteiger partial charge in [-0.3, -0.25) is 5.10 Å². The molecule has 1 saturated heterocycles. The number of piperazine rings is 1. The lowest BCUT2D eigenvalue weighted by molar-refractivity contribution is 0.262. The Kier molecular flexibility index (Phi) is 6.41. The summed E-state index contributed by atoms with van der Waals surface area (Å²) in [6, 6.07) is 17.5. The Bertz CT molecular complexity index is 1620. The van der Waals surface area contributed by atoms with Crippen molar-refractivity contribution in [3.05, 3.63) is 78.4 Å². The summed E-state index contributed by atoms with van der Waals surface area (Å²) in [6.07, 6.45) is 0. The van der Waals surface area contributed by atoms with Gasteiger partial charge in [-0.2, -0.15) is 5.10 Å². The van der Waals surface area contributed by atoms with E-state index in [2.05, 4.69) is 54.8 Å². The molecule has 4 N–H and O–H groups in total. The highest BCUT2D eigenvalue weighted by molar-refractivity contribution is 5.99. The Labute approximate surface area is 222 Å². The molecule has 0 saturated carbocycles. The number of carbonyl (C=O) groups is 1. The summed E-state index contributed by atoms with van der Waals surface area (Å²) in [6.45, 7) is 4.09. The molecule has 0 bridgehead atoms. The standard InChI is InChI=1S/C28H26F2N8O/c1-37-8-10-38(11-9-37)22-6-7-23-25(15-22)34-27(33-23)26-16-24(35-36-26)17-2-4-20(5-3-17)31-28(39)32-21-13-18(29)12-19(30)14-21/h2-7,12-16H,8-11H2,1H3,(H,33,34)(H,35,36)(H2,31,32,39). The van der Waals surface area contributed by atoms with E-state index in [0.717, 1.165) is 72.4 Å².